The van der Waals surface area contributed by atoms with Gasteiger partial charge in [0.1, 0.15) is 12.1 Å². The van der Waals surface area contributed by atoms with Crippen LogP contribution in [0, 0.1) is 17.3 Å². The maximum Gasteiger partial charge on any atom is 0.302 e. The van der Waals surface area contributed by atoms with E-state index in [2.05, 4.69) is 28.4 Å². The highest BCUT2D eigenvalue weighted by molar-refractivity contribution is 5.96. The number of pyridine rings is 1. The van der Waals surface area contributed by atoms with Crippen LogP contribution in [-0.2, 0) is 53.1 Å². The molecule has 1 unspecified atom stereocenters. The molecule has 4 aromatic rings. The third-order valence-electron chi connectivity index (χ3n) is 12.8. The molecule has 0 radical (unpaired) electrons. The number of methoxy groups -OCH3 is 1. The average Bonchev–Trinajstić information content (AvgIpc) is 3.93. The fourth-order valence-corrected chi connectivity index (χ4v) is 9.37. The highest BCUT2D eigenvalue weighted by atomic mass is 19.1. The SMILES string of the molecule is C=CC(=O)N1CC[C@H](C(=O)N(C)C(C(=O)N[C@@H](Cc2cccc(-c3ccc4c(c3)c(CC(C)(C)COC(C)=O)c(-c3cccnc3[C@H](C)OC)n4CF)c2)C(=O)N2CCCCN2)C(C)C)C1. The Balaban J connectivity index is 1.36. The molecular formula is C51H66FN7O7. The van der Waals surface area contributed by atoms with Gasteiger partial charge < -0.3 is 29.2 Å². The normalized spacial score (nSPS) is 16.8. The zero-order chi connectivity index (χ0) is 47.9. The summed E-state index contributed by atoms with van der Waals surface area (Å²) < 4.78 is 28.3. The maximum absolute atomic E-state index is 15.4. The first-order valence-electron chi connectivity index (χ1n) is 22.9. The number of hydrazine groups is 1. The van der Waals surface area contributed by atoms with Crippen LogP contribution in [0.1, 0.15) is 83.7 Å². The number of esters is 1. The second kappa shape index (κ2) is 21.6. The summed E-state index contributed by atoms with van der Waals surface area (Å²) in [5.74, 6) is -2.31. The van der Waals surface area contributed by atoms with Gasteiger partial charge in [-0.25, -0.2) is 9.82 Å². The molecule has 2 aromatic carbocycles. The highest BCUT2D eigenvalue weighted by Crippen LogP contribution is 2.42. The van der Waals surface area contributed by atoms with Crippen molar-refractivity contribution in [3.05, 3.63) is 90.3 Å². The summed E-state index contributed by atoms with van der Waals surface area (Å²) in [7, 11) is 3.22. The minimum absolute atomic E-state index is 0.158. The topological polar surface area (TPSA) is 155 Å². The van der Waals surface area contributed by atoms with Gasteiger partial charge in [0.05, 0.1) is 35.5 Å². The molecule has 0 spiro atoms. The Morgan fingerprint density at radius 2 is 1.80 bits per heavy atom. The zero-order valence-corrected chi connectivity index (χ0v) is 39.7. The number of fused-ring (bicyclic) bond motifs is 1. The Kier molecular flexibility index (Phi) is 16.2. The molecule has 2 aromatic heterocycles. The van der Waals surface area contributed by atoms with Crippen LogP contribution in [0.5, 0.6) is 0 Å². The van der Waals surface area contributed by atoms with Crippen molar-refractivity contribution in [3.63, 3.8) is 0 Å². The van der Waals surface area contributed by atoms with Gasteiger partial charge in [0.25, 0.3) is 5.91 Å². The number of amides is 4. The number of carbonyl (C=O) groups excluding carboxylic acids is 5. The van der Waals surface area contributed by atoms with Crippen molar-refractivity contribution in [2.24, 2.45) is 17.3 Å². The number of hydrogen-bond donors (Lipinski definition) is 2. The van der Waals surface area contributed by atoms with Gasteiger partial charge in [-0.15, -0.1) is 0 Å². The number of benzene rings is 2. The average molecular weight is 908 g/mol. The van der Waals surface area contributed by atoms with Gasteiger partial charge in [0.15, 0.2) is 6.80 Å². The summed E-state index contributed by atoms with van der Waals surface area (Å²) in [6, 6.07) is 15.6. The molecule has 0 aliphatic carbocycles. The molecule has 6 rings (SSSR count). The lowest BCUT2D eigenvalue weighted by atomic mass is 9.84. The van der Waals surface area contributed by atoms with Crippen LogP contribution in [0.15, 0.2) is 73.4 Å². The zero-order valence-electron chi connectivity index (χ0n) is 39.7. The second-order valence-corrected chi connectivity index (χ2v) is 18.7. The summed E-state index contributed by atoms with van der Waals surface area (Å²) in [4.78, 5) is 74.4. The molecule has 4 heterocycles. The lowest BCUT2D eigenvalue weighted by Crippen LogP contribution is -2.59. The number of likely N-dealkylation sites (tertiary alicyclic amines) is 1. The smallest absolute Gasteiger partial charge is 0.302 e. The lowest BCUT2D eigenvalue weighted by molar-refractivity contribution is -0.146. The van der Waals surface area contributed by atoms with Crippen LogP contribution in [0.2, 0.25) is 0 Å². The van der Waals surface area contributed by atoms with E-state index in [1.165, 1.54) is 17.9 Å². The first kappa shape index (κ1) is 49.5. The summed E-state index contributed by atoms with van der Waals surface area (Å²) in [6.45, 7) is 15.8. The molecule has 15 heteroatoms. The molecule has 354 valence electrons. The van der Waals surface area contributed by atoms with E-state index < -0.39 is 36.1 Å². The lowest BCUT2D eigenvalue weighted by Gasteiger charge is -2.35. The van der Waals surface area contributed by atoms with Crippen molar-refractivity contribution in [1.82, 2.24) is 35.1 Å². The Bertz CT molecular complexity index is 2430. The minimum Gasteiger partial charge on any atom is -0.465 e. The van der Waals surface area contributed by atoms with Gasteiger partial charge >= 0.3 is 5.97 Å². The highest BCUT2D eigenvalue weighted by Gasteiger charge is 2.39. The Hall–Kier alpha value is -5.93. The number of rotatable bonds is 18. The summed E-state index contributed by atoms with van der Waals surface area (Å²) in [6.07, 6.45) is 5.39. The van der Waals surface area contributed by atoms with E-state index in [9.17, 15) is 24.0 Å². The summed E-state index contributed by atoms with van der Waals surface area (Å²) >= 11 is 0. The fourth-order valence-electron chi connectivity index (χ4n) is 9.37. The largest absolute Gasteiger partial charge is 0.465 e. The van der Waals surface area contributed by atoms with Gasteiger partial charge in [0.2, 0.25) is 17.7 Å². The molecule has 2 saturated heterocycles. The quantitative estimate of drug-likeness (QED) is 0.0810. The number of likely N-dealkylation sites (N-methyl/N-ethyl adjacent to an activating group) is 1. The fraction of sp³-hybridized carbons (Fsp3) is 0.490. The van der Waals surface area contributed by atoms with Crippen LogP contribution in [0.3, 0.4) is 0 Å². The number of halogens is 1. The van der Waals surface area contributed by atoms with Gasteiger partial charge in [-0.3, -0.25) is 34.0 Å². The number of alkyl halides is 1. The Morgan fingerprint density at radius 1 is 1.05 bits per heavy atom. The number of aromatic nitrogens is 2. The van der Waals surface area contributed by atoms with E-state index in [1.807, 2.05) is 83.1 Å². The number of nitrogens with one attached hydrogen (secondary N) is 2. The predicted octanol–water partition coefficient (Wildman–Crippen LogP) is 6.81. The van der Waals surface area contributed by atoms with Crippen molar-refractivity contribution in [3.8, 4) is 22.4 Å². The standard InChI is InChI=1S/C51H66FN7O7/c1-10-44(61)57-24-20-38(29-57)49(63)56(8)46(32(2)3)48(62)55-42(50(64)59-23-12-11-22-54-59)26-35-15-13-16-36(25-35)37-18-19-43-40(27-37)41(28-51(6,7)30-66-34(5)60)47(58(43)31-52)39-17-14-21-53-45(39)33(4)65-9/h10,13-19,21,25,27,32-33,38,42,46,54H,1,11-12,20,22-24,26,28-31H2,2-9H3,(H,55,62)/t33-,38-,42-,46?/m0/s1. The van der Waals surface area contributed by atoms with Crippen molar-refractivity contribution in [2.75, 3.05) is 46.9 Å². The van der Waals surface area contributed by atoms with Crippen molar-refractivity contribution >= 4 is 40.5 Å². The van der Waals surface area contributed by atoms with Crippen LogP contribution < -0.4 is 10.7 Å². The molecule has 0 saturated carbocycles. The van der Waals surface area contributed by atoms with E-state index in [0.717, 1.165) is 46.0 Å². The van der Waals surface area contributed by atoms with Gasteiger partial charge in [-0.05, 0) is 91.1 Å². The van der Waals surface area contributed by atoms with Crippen LogP contribution in [0.4, 0.5) is 4.39 Å². The van der Waals surface area contributed by atoms with E-state index >= 15 is 4.39 Å². The van der Waals surface area contributed by atoms with Crippen LogP contribution in [-0.4, -0.2) is 113 Å². The number of carbonyl (C=O) groups is 5. The van der Waals surface area contributed by atoms with Crippen molar-refractivity contribution in [2.45, 2.75) is 98.6 Å². The third kappa shape index (κ3) is 11.2. The number of nitrogens with zero attached hydrogens (tertiary/aromatic N) is 5. The number of hydrogen-bond acceptors (Lipinski definition) is 9. The minimum atomic E-state index is -0.965. The predicted molar refractivity (Wildman–Crippen MR) is 252 cm³/mol. The molecule has 14 nitrogen and oxygen atoms in total. The maximum atomic E-state index is 15.4. The molecule has 4 amide bonds. The summed E-state index contributed by atoms with van der Waals surface area (Å²) in [5.41, 5.74) is 8.80. The second-order valence-electron chi connectivity index (χ2n) is 18.7. The summed E-state index contributed by atoms with van der Waals surface area (Å²) in [5, 5.41) is 5.46. The number of ether oxygens (including phenoxy) is 2. The molecule has 2 aliphatic rings. The molecule has 0 bridgehead atoms. The van der Waals surface area contributed by atoms with E-state index in [4.69, 9.17) is 9.47 Å². The molecule has 66 heavy (non-hydrogen) atoms. The van der Waals surface area contributed by atoms with E-state index in [-0.39, 0.29) is 55.3 Å². The van der Waals surface area contributed by atoms with Gasteiger partial charge in [0, 0.05) is 76.2 Å². The molecular weight excluding hydrogens is 842 g/mol. The van der Waals surface area contributed by atoms with Gasteiger partial charge in [-0.2, -0.15) is 0 Å². The van der Waals surface area contributed by atoms with E-state index in [1.54, 1.807) is 34.8 Å². The third-order valence-corrected chi connectivity index (χ3v) is 12.8. The van der Waals surface area contributed by atoms with Crippen molar-refractivity contribution in [1.29, 1.82) is 0 Å². The molecule has 4 atom stereocenters. The Labute approximate surface area is 387 Å². The van der Waals surface area contributed by atoms with Crippen LogP contribution in [0.25, 0.3) is 33.3 Å². The monoisotopic (exact) mass is 908 g/mol. The Morgan fingerprint density at radius 3 is 2.47 bits per heavy atom. The van der Waals surface area contributed by atoms with E-state index in [0.29, 0.717) is 49.4 Å². The first-order chi connectivity index (χ1) is 31.5. The van der Waals surface area contributed by atoms with Crippen LogP contribution >= 0.6 is 0 Å². The molecule has 2 N–H and O–H groups in total. The molecule has 2 fully saturated rings. The van der Waals surface area contributed by atoms with Crippen molar-refractivity contribution < 1.29 is 37.8 Å². The molecule has 2 aliphatic heterocycles. The first-order valence-corrected chi connectivity index (χ1v) is 22.9. The van der Waals surface area contributed by atoms with Gasteiger partial charge in [-0.1, -0.05) is 64.6 Å².